The first-order chi connectivity index (χ1) is 5.34. The zero-order valence-electron chi connectivity index (χ0n) is 6.06. The predicted molar refractivity (Wildman–Crippen MR) is 54.1 cm³/mol. The summed E-state index contributed by atoms with van der Waals surface area (Å²) in [5.41, 5.74) is 1.33. The average Bonchev–Trinajstić information content (AvgIpc) is 2.03. The highest BCUT2D eigenvalue weighted by Gasteiger charge is 1.96. The Balaban J connectivity index is 2.62. The minimum Gasteiger partial charge on any atom is -0.264 e. The molecular formula is C8H9Br2N. The SMILES string of the molecule is BrCCCc1ccncc1Br. The molecule has 0 aliphatic heterocycles. The van der Waals surface area contributed by atoms with Crippen molar-refractivity contribution in [3.8, 4) is 0 Å². The number of halogens is 2. The van der Waals surface area contributed by atoms with Crippen molar-refractivity contribution < 1.29 is 0 Å². The minimum absolute atomic E-state index is 1.06. The van der Waals surface area contributed by atoms with Gasteiger partial charge in [0.05, 0.1) is 0 Å². The van der Waals surface area contributed by atoms with E-state index in [0.717, 1.165) is 16.2 Å². The first-order valence-corrected chi connectivity index (χ1v) is 5.40. The van der Waals surface area contributed by atoms with Crippen LogP contribution in [-0.4, -0.2) is 10.3 Å². The van der Waals surface area contributed by atoms with Crippen molar-refractivity contribution in [2.24, 2.45) is 0 Å². The van der Waals surface area contributed by atoms with Crippen molar-refractivity contribution in [2.75, 3.05) is 5.33 Å². The number of rotatable bonds is 3. The molecule has 0 aliphatic carbocycles. The molecule has 0 saturated carbocycles. The zero-order chi connectivity index (χ0) is 8.10. The highest BCUT2D eigenvalue weighted by molar-refractivity contribution is 9.10. The summed E-state index contributed by atoms with van der Waals surface area (Å²) in [6.45, 7) is 0. The molecule has 0 spiro atoms. The molecule has 0 amide bonds. The lowest BCUT2D eigenvalue weighted by Gasteiger charge is -2.00. The van der Waals surface area contributed by atoms with Crippen molar-refractivity contribution >= 4 is 31.9 Å². The summed E-state index contributed by atoms with van der Waals surface area (Å²) < 4.78 is 1.11. The van der Waals surface area contributed by atoms with Crippen LogP contribution in [0.2, 0.25) is 0 Å². The van der Waals surface area contributed by atoms with Crippen LogP contribution in [0, 0.1) is 0 Å². The van der Waals surface area contributed by atoms with Gasteiger partial charge in [-0.05, 0) is 40.4 Å². The molecule has 0 bridgehead atoms. The first kappa shape index (κ1) is 9.20. The van der Waals surface area contributed by atoms with Gasteiger partial charge in [0.25, 0.3) is 0 Å². The van der Waals surface area contributed by atoms with Gasteiger partial charge in [0.1, 0.15) is 0 Å². The number of hydrogen-bond donors (Lipinski definition) is 0. The number of pyridine rings is 1. The standard InChI is InChI=1S/C8H9Br2N/c9-4-1-2-7-3-5-11-6-8(7)10/h3,5-6H,1-2,4H2. The third-order valence-corrected chi connectivity index (χ3v) is 2.71. The Morgan fingerprint density at radius 3 is 2.91 bits per heavy atom. The van der Waals surface area contributed by atoms with Crippen molar-refractivity contribution in [3.63, 3.8) is 0 Å². The van der Waals surface area contributed by atoms with Crippen LogP contribution in [0.25, 0.3) is 0 Å². The summed E-state index contributed by atoms with van der Waals surface area (Å²) in [5, 5.41) is 1.06. The Labute approximate surface area is 83.5 Å². The smallest absolute Gasteiger partial charge is 0.0412 e. The first-order valence-electron chi connectivity index (χ1n) is 3.49. The van der Waals surface area contributed by atoms with Gasteiger partial charge < -0.3 is 0 Å². The van der Waals surface area contributed by atoms with Gasteiger partial charge in [-0.25, -0.2) is 0 Å². The molecule has 0 aliphatic rings. The maximum atomic E-state index is 3.99. The second kappa shape index (κ2) is 4.88. The van der Waals surface area contributed by atoms with Crippen LogP contribution in [0.15, 0.2) is 22.9 Å². The molecule has 0 aromatic carbocycles. The van der Waals surface area contributed by atoms with E-state index in [2.05, 4.69) is 36.8 Å². The van der Waals surface area contributed by atoms with Crippen LogP contribution < -0.4 is 0 Å². The Morgan fingerprint density at radius 1 is 1.45 bits per heavy atom. The van der Waals surface area contributed by atoms with Crippen LogP contribution in [0.5, 0.6) is 0 Å². The maximum absolute atomic E-state index is 3.99. The molecule has 0 unspecified atom stereocenters. The molecule has 0 atom stereocenters. The Morgan fingerprint density at radius 2 is 2.27 bits per heavy atom. The average molecular weight is 279 g/mol. The second-order valence-corrected chi connectivity index (χ2v) is 3.91. The van der Waals surface area contributed by atoms with E-state index in [0.29, 0.717) is 0 Å². The minimum atomic E-state index is 1.06. The quantitative estimate of drug-likeness (QED) is 0.774. The van der Waals surface area contributed by atoms with E-state index in [1.165, 1.54) is 12.0 Å². The molecule has 0 saturated heterocycles. The van der Waals surface area contributed by atoms with E-state index in [-0.39, 0.29) is 0 Å². The summed E-state index contributed by atoms with van der Waals surface area (Å²) in [4.78, 5) is 3.99. The van der Waals surface area contributed by atoms with E-state index in [1.54, 1.807) is 0 Å². The third-order valence-electron chi connectivity index (χ3n) is 1.44. The van der Waals surface area contributed by atoms with Crippen molar-refractivity contribution in [1.29, 1.82) is 0 Å². The summed E-state index contributed by atoms with van der Waals surface area (Å²) in [6, 6.07) is 2.05. The highest BCUT2D eigenvalue weighted by atomic mass is 79.9. The fourth-order valence-electron chi connectivity index (χ4n) is 0.864. The molecule has 0 N–H and O–H groups in total. The lowest BCUT2D eigenvalue weighted by atomic mass is 10.2. The Hall–Kier alpha value is 0.110. The van der Waals surface area contributed by atoms with Crippen molar-refractivity contribution in [1.82, 2.24) is 4.98 Å². The Kier molecular flexibility index (Phi) is 4.08. The van der Waals surface area contributed by atoms with E-state index in [1.807, 2.05) is 18.5 Å². The number of aromatic nitrogens is 1. The van der Waals surface area contributed by atoms with Crippen molar-refractivity contribution in [2.45, 2.75) is 12.8 Å². The van der Waals surface area contributed by atoms with Crippen LogP contribution in [0.3, 0.4) is 0 Å². The number of alkyl halides is 1. The molecule has 1 nitrogen and oxygen atoms in total. The van der Waals surface area contributed by atoms with E-state index >= 15 is 0 Å². The van der Waals surface area contributed by atoms with Crippen LogP contribution in [0.1, 0.15) is 12.0 Å². The zero-order valence-corrected chi connectivity index (χ0v) is 9.23. The molecule has 1 rings (SSSR count). The predicted octanol–water partition coefficient (Wildman–Crippen LogP) is 3.17. The number of hydrogen-bond acceptors (Lipinski definition) is 1. The largest absolute Gasteiger partial charge is 0.264 e. The molecule has 3 heteroatoms. The molecule has 11 heavy (non-hydrogen) atoms. The molecule has 1 heterocycles. The second-order valence-electron chi connectivity index (χ2n) is 2.26. The van der Waals surface area contributed by atoms with Gasteiger partial charge in [-0.15, -0.1) is 0 Å². The van der Waals surface area contributed by atoms with Crippen LogP contribution >= 0.6 is 31.9 Å². The monoisotopic (exact) mass is 277 g/mol. The number of nitrogens with zero attached hydrogens (tertiary/aromatic N) is 1. The number of aryl methyl sites for hydroxylation is 1. The van der Waals surface area contributed by atoms with Crippen LogP contribution in [-0.2, 0) is 6.42 Å². The topological polar surface area (TPSA) is 12.9 Å². The lowest BCUT2D eigenvalue weighted by Crippen LogP contribution is -1.87. The van der Waals surface area contributed by atoms with Gasteiger partial charge >= 0.3 is 0 Å². The fourth-order valence-corrected chi connectivity index (χ4v) is 1.59. The molecule has 1 aromatic rings. The van der Waals surface area contributed by atoms with Gasteiger partial charge in [0.15, 0.2) is 0 Å². The summed E-state index contributed by atoms with van der Waals surface area (Å²) in [6.07, 6.45) is 5.94. The fraction of sp³-hybridized carbons (Fsp3) is 0.375. The lowest BCUT2D eigenvalue weighted by molar-refractivity contribution is 0.929. The Bertz CT molecular complexity index is 225. The molecule has 0 radical (unpaired) electrons. The normalized spacial score (nSPS) is 10.0. The van der Waals surface area contributed by atoms with Crippen LogP contribution in [0.4, 0.5) is 0 Å². The van der Waals surface area contributed by atoms with Gasteiger partial charge in [0, 0.05) is 22.2 Å². The third kappa shape index (κ3) is 2.91. The van der Waals surface area contributed by atoms with E-state index in [9.17, 15) is 0 Å². The molecule has 1 aromatic heterocycles. The van der Waals surface area contributed by atoms with E-state index in [4.69, 9.17) is 0 Å². The van der Waals surface area contributed by atoms with Crippen molar-refractivity contribution in [3.05, 3.63) is 28.5 Å². The van der Waals surface area contributed by atoms with Gasteiger partial charge in [-0.1, -0.05) is 15.9 Å². The summed E-state index contributed by atoms with van der Waals surface area (Å²) in [7, 11) is 0. The van der Waals surface area contributed by atoms with Gasteiger partial charge in [-0.3, -0.25) is 4.98 Å². The molecule has 60 valence electrons. The maximum Gasteiger partial charge on any atom is 0.0412 e. The molecular weight excluding hydrogens is 270 g/mol. The highest BCUT2D eigenvalue weighted by Crippen LogP contribution is 2.16. The molecule has 0 fully saturated rings. The summed E-state index contributed by atoms with van der Waals surface area (Å²) in [5.74, 6) is 0. The summed E-state index contributed by atoms with van der Waals surface area (Å²) >= 11 is 6.85. The van der Waals surface area contributed by atoms with E-state index < -0.39 is 0 Å². The van der Waals surface area contributed by atoms with Gasteiger partial charge in [0.2, 0.25) is 0 Å². The van der Waals surface area contributed by atoms with Gasteiger partial charge in [-0.2, -0.15) is 0 Å².